The second-order valence-corrected chi connectivity index (χ2v) is 5.47. The van der Waals surface area contributed by atoms with Crippen LogP contribution in [0.1, 0.15) is 24.4 Å². The molecule has 2 aromatic heterocycles. The highest BCUT2D eigenvalue weighted by Gasteiger charge is 2.05. The molecule has 0 bridgehead atoms. The van der Waals surface area contributed by atoms with E-state index < -0.39 is 0 Å². The Labute approximate surface area is 106 Å². The molecule has 0 saturated heterocycles. The molecule has 0 fully saturated rings. The van der Waals surface area contributed by atoms with Gasteiger partial charge in [0.1, 0.15) is 5.01 Å². The van der Waals surface area contributed by atoms with E-state index in [2.05, 4.69) is 35.2 Å². The fourth-order valence-corrected chi connectivity index (χ4v) is 2.27. The van der Waals surface area contributed by atoms with E-state index in [-0.39, 0.29) is 0 Å². The number of hydrogen-bond donors (Lipinski definition) is 1. The minimum Gasteiger partial charge on any atom is -0.310 e. The number of nitrogens with zero attached hydrogens (tertiary/aromatic N) is 2. The third-order valence-corrected chi connectivity index (χ3v) is 3.44. The summed E-state index contributed by atoms with van der Waals surface area (Å²) < 4.78 is 0. The minimum absolute atomic E-state index is 0.501. The fourth-order valence-electron chi connectivity index (χ4n) is 1.42. The van der Waals surface area contributed by atoms with Gasteiger partial charge in [-0.2, -0.15) is 0 Å². The van der Waals surface area contributed by atoms with Gasteiger partial charge in [0.15, 0.2) is 0 Å². The molecule has 0 saturated carbocycles. The summed E-state index contributed by atoms with van der Waals surface area (Å²) in [6.07, 6.45) is 3.82. The van der Waals surface area contributed by atoms with Gasteiger partial charge >= 0.3 is 0 Å². The van der Waals surface area contributed by atoms with Crippen molar-refractivity contribution in [3.8, 4) is 10.6 Å². The van der Waals surface area contributed by atoms with Crippen molar-refractivity contribution >= 4 is 11.3 Å². The summed E-state index contributed by atoms with van der Waals surface area (Å²) >= 11 is 1.72. The van der Waals surface area contributed by atoms with E-state index >= 15 is 0 Å². The zero-order valence-electron chi connectivity index (χ0n) is 10.4. The number of pyridine rings is 1. The van der Waals surface area contributed by atoms with Crippen molar-refractivity contribution in [2.45, 2.75) is 33.4 Å². The maximum absolute atomic E-state index is 4.43. The maximum atomic E-state index is 4.43. The van der Waals surface area contributed by atoms with Gasteiger partial charge < -0.3 is 5.32 Å². The molecule has 90 valence electrons. The van der Waals surface area contributed by atoms with Gasteiger partial charge in [0.25, 0.3) is 0 Å². The van der Waals surface area contributed by atoms with Crippen LogP contribution in [0.2, 0.25) is 0 Å². The predicted molar refractivity (Wildman–Crippen MR) is 72.1 cm³/mol. The van der Waals surface area contributed by atoms with Gasteiger partial charge in [0, 0.05) is 41.1 Å². The summed E-state index contributed by atoms with van der Waals surface area (Å²) in [5.74, 6) is 0. The molecular weight excluding hydrogens is 230 g/mol. The predicted octanol–water partition coefficient (Wildman–Crippen LogP) is 3.01. The van der Waals surface area contributed by atoms with Gasteiger partial charge in [-0.05, 0) is 19.1 Å². The number of nitrogens with one attached hydrogen (secondary N) is 1. The molecule has 4 heteroatoms. The maximum Gasteiger partial charge on any atom is 0.125 e. The molecule has 2 heterocycles. The first-order valence-corrected chi connectivity index (χ1v) is 6.58. The molecule has 0 amide bonds. The lowest BCUT2D eigenvalue weighted by Gasteiger charge is -2.04. The van der Waals surface area contributed by atoms with Crippen molar-refractivity contribution < 1.29 is 0 Å². The summed E-state index contributed by atoms with van der Waals surface area (Å²) in [7, 11) is 0. The number of thiazole rings is 1. The minimum atomic E-state index is 0.501. The second-order valence-electron chi connectivity index (χ2n) is 4.36. The van der Waals surface area contributed by atoms with E-state index in [1.807, 2.05) is 25.4 Å². The molecule has 3 nitrogen and oxygen atoms in total. The standard InChI is InChI=1S/C13H17N3S/c1-9(2)14-7-12-8-16-13(17-12)11-5-4-10(3)15-6-11/h4-6,8-9,14H,7H2,1-3H3. The van der Waals surface area contributed by atoms with Gasteiger partial charge in [-0.3, -0.25) is 4.98 Å². The molecule has 0 aromatic carbocycles. The second kappa shape index (κ2) is 5.38. The smallest absolute Gasteiger partial charge is 0.125 e. The number of aryl methyl sites for hydroxylation is 1. The van der Waals surface area contributed by atoms with Crippen molar-refractivity contribution in [3.05, 3.63) is 35.1 Å². The highest BCUT2D eigenvalue weighted by Crippen LogP contribution is 2.24. The lowest BCUT2D eigenvalue weighted by molar-refractivity contribution is 0.593. The lowest BCUT2D eigenvalue weighted by atomic mass is 10.3. The summed E-state index contributed by atoms with van der Waals surface area (Å²) in [6.45, 7) is 7.16. The first-order chi connectivity index (χ1) is 8.15. The molecule has 0 aliphatic carbocycles. The molecule has 0 aliphatic rings. The molecule has 0 aliphatic heterocycles. The van der Waals surface area contributed by atoms with Crippen LogP contribution in [0.15, 0.2) is 24.5 Å². The number of hydrogen-bond acceptors (Lipinski definition) is 4. The van der Waals surface area contributed by atoms with Crippen LogP contribution < -0.4 is 5.32 Å². The largest absolute Gasteiger partial charge is 0.310 e. The van der Waals surface area contributed by atoms with Gasteiger partial charge in [0.2, 0.25) is 0 Å². The molecule has 17 heavy (non-hydrogen) atoms. The van der Waals surface area contributed by atoms with E-state index in [1.165, 1.54) is 4.88 Å². The zero-order valence-corrected chi connectivity index (χ0v) is 11.2. The van der Waals surface area contributed by atoms with E-state index in [4.69, 9.17) is 0 Å². The van der Waals surface area contributed by atoms with Crippen LogP contribution in [0.3, 0.4) is 0 Å². The normalized spacial score (nSPS) is 11.1. The number of rotatable bonds is 4. The molecular formula is C13H17N3S. The van der Waals surface area contributed by atoms with Crippen LogP contribution in [-0.2, 0) is 6.54 Å². The van der Waals surface area contributed by atoms with Crippen LogP contribution in [0.25, 0.3) is 10.6 Å². The third-order valence-electron chi connectivity index (χ3n) is 2.40. The van der Waals surface area contributed by atoms with Crippen LogP contribution in [0.4, 0.5) is 0 Å². The molecule has 0 spiro atoms. The van der Waals surface area contributed by atoms with Crippen LogP contribution in [0.5, 0.6) is 0 Å². The first-order valence-electron chi connectivity index (χ1n) is 5.76. The van der Waals surface area contributed by atoms with E-state index in [1.54, 1.807) is 11.3 Å². The van der Waals surface area contributed by atoms with Crippen molar-refractivity contribution in [3.63, 3.8) is 0 Å². The van der Waals surface area contributed by atoms with Crippen LogP contribution in [0, 0.1) is 6.92 Å². The SMILES string of the molecule is Cc1ccc(-c2ncc(CNC(C)C)s2)cn1. The summed E-state index contributed by atoms with van der Waals surface area (Å²) in [5, 5.41) is 4.43. The van der Waals surface area contributed by atoms with Gasteiger partial charge in [0.05, 0.1) is 0 Å². The Morgan fingerprint density at radius 3 is 2.71 bits per heavy atom. The Balaban J connectivity index is 2.10. The van der Waals surface area contributed by atoms with Crippen molar-refractivity contribution in [2.75, 3.05) is 0 Å². The van der Waals surface area contributed by atoms with E-state index in [9.17, 15) is 0 Å². The van der Waals surface area contributed by atoms with E-state index in [0.29, 0.717) is 6.04 Å². The van der Waals surface area contributed by atoms with Gasteiger partial charge in [-0.15, -0.1) is 11.3 Å². The quantitative estimate of drug-likeness (QED) is 0.902. The first kappa shape index (κ1) is 12.2. The Bertz CT molecular complexity index is 474. The Morgan fingerprint density at radius 1 is 1.24 bits per heavy atom. The van der Waals surface area contributed by atoms with Crippen molar-refractivity contribution in [1.29, 1.82) is 0 Å². The average Bonchev–Trinajstić information content (AvgIpc) is 2.76. The topological polar surface area (TPSA) is 37.8 Å². The molecule has 1 N–H and O–H groups in total. The molecule has 2 aromatic rings. The summed E-state index contributed by atoms with van der Waals surface area (Å²) in [5.41, 5.74) is 2.13. The Kier molecular flexibility index (Phi) is 3.86. The fraction of sp³-hybridized carbons (Fsp3) is 0.385. The molecule has 0 atom stereocenters. The Hall–Kier alpha value is -1.26. The van der Waals surface area contributed by atoms with Gasteiger partial charge in [-0.25, -0.2) is 4.98 Å². The highest BCUT2D eigenvalue weighted by molar-refractivity contribution is 7.15. The van der Waals surface area contributed by atoms with Crippen molar-refractivity contribution in [1.82, 2.24) is 15.3 Å². The summed E-state index contributed by atoms with van der Waals surface area (Å²) in [6, 6.07) is 4.59. The highest BCUT2D eigenvalue weighted by atomic mass is 32.1. The lowest BCUT2D eigenvalue weighted by Crippen LogP contribution is -2.21. The van der Waals surface area contributed by atoms with E-state index in [0.717, 1.165) is 22.8 Å². The molecule has 0 unspecified atom stereocenters. The zero-order chi connectivity index (χ0) is 12.3. The third kappa shape index (κ3) is 3.35. The summed E-state index contributed by atoms with van der Waals surface area (Å²) in [4.78, 5) is 9.98. The van der Waals surface area contributed by atoms with Crippen LogP contribution >= 0.6 is 11.3 Å². The monoisotopic (exact) mass is 247 g/mol. The molecule has 2 rings (SSSR count). The van der Waals surface area contributed by atoms with Gasteiger partial charge in [-0.1, -0.05) is 13.8 Å². The number of aromatic nitrogens is 2. The Morgan fingerprint density at radius 2 is 2.06 bits per heavy atom. The molecule has 0 radical (unpaired) electrons. The van der Waals surface area contributed by atoms with Crippen molar-refractivity contribution in [2.24, 2.45) is 0 Å². The average molecular weight is 247 g/mol. The van der Waals surface area contributed by atoms with Crippen LogP contribution in [-0.4, -0.2) is 16.0 Å².